The molecule has 1 amide bonds. The minimum Gasteiger partial charge on any atom is -0.409 e. The molecule has 1 unspecified atom stereocenters. The topological polar surface area (TPSA) is 87.7 Å². The van der Waals surface area contributed by atoms with Gasteiger partial charge in [0.05, 0.1) is 16.6 Å². The van der Waals surface area contributed by atoms with Crippen molar-refractivity contribution in [2.45, 2.75) is 18.9 Å². The lowest BCUT2D eigenvalue weighted by Crippen LogP contribution is -2.46. The first kappa shape index (κ1) is 14.1. The minimum absolute atomic E-state index is 0.0177. The van der Waals surface area contributed by atoms with Gasteiger partial charge in [-0.25, -0.2) is 0 Å². The highest BCUT2D eigenvalue weighted by Crippen LogP contribution is 2.33. The van der Waals surface area contributed by atoms with Crippen molar-refractivity contribution >= 4 is 39.3 Å². The summed E-state index contributed by atoms with van der Waals surface area (Å²) in [5, 5.41) is 14.8. The van der Waals surface area contributed by atoms with Crippen LogP contribution in [0.25, 0.3) is 0 Å². The van der Waals surface area contributed by atoms with E-state index in [1.54, 1.807) is 18.2 Å². The fourth-order valence-corrected chi connectivity index (χ4v) is 2.58. The van der Waals surface area contributed by atoms with Gasteiger partial charge in [0.1, 0.15) is 0 Å². The van der Waals surface area contributed by atoms with Crippen LogP contribution in [-0.2, 0) is 0 Å². The number of nitrogens with zero attached hydrogens (tertiary/aromatic N) is 1. The zero-order chi connectivity index (χ0) is 14.0. The van der Waals surface area contributed by atoms with Gasteiger partial charge in [-0.3, -0.25) is 4.79 Å². The number of hydrogen-bond acceptors (Lipinski definition) is 3. The smallest absolute Gasteiger partial charge is 0.253 e. The molecular weight excluding hydrogens is 334 g/mol. The molecule has 1 aliphatic carbocycles. The molecule has 1 aliphatic rings. The highest BCUT2D eigenvalue weighted by molar-refractivity contribution is 9.10. The number of rotatable bonds is 4. The van der Waals surface area contributed by atoms with Crippen molar-refractivity contribution in [3.63, 3.8) is 0 Å². The van der Waals surface area contributed by atoms with Crippen molar-refractivity contribution in [1.82, 2.24) is 5.32 Å². The van der Waals surface area contributed by atoms with E-state index in [4.69, 9.17) is 22.5 Å². The van der Waals surface area contributed by atoms with E-state index in [2.05, 4.69) is 26.4 Å². The first-order valence-corrected chi connectivity index (χ1v) is 6.93. The molecule has 0 aromatic heterocycles. The molecule has 1 saturated carbocycles. The molecule has 0 radical (unpaired) electrons. The predicted molar refractivity (Wildman–Crippen MR) is 76.5 cm³/mol. The molecule has 4 N–H and O–H groups in total. The van der Waals surface area contributed by atoms with Gasteiger partial charge in [-0.05, 0) is 37.0 Å². The van der Waals surface area contributed by atoms with E-state index in [0.29, 0.717) is 10.6 Å². The van der Waals surface area contributed by atoms with Gasteiger partial charge in [0.2, 0.25) is 0 Å². The maximum Gasteiger partial charge on any atom is 0.253 e. The fourth-order valence-electron chi connectivity index (χ4n) is 1.82. The summed E-state index contributed by atoms with van der Waals surface area (Å²) < 4.78 is 0.796. The molecule has 1 atom stereocenters. The van der Waals surface area contributed by atoms with Gasteiger partial charge in [0, 0.05) is 4.47 Å². The van der Waals surface area contributed by atoms with Crippen LogP contribution in [0.3, 0.4) is 0 Å². The van der Waals surface area contributed by atoms with Crippen molar-refractivity contribution in [3.8, 4) is 0 Å². The molecular formula is C12H13BrClN3O2. The van der Waals surface area contributed by atoms with Gasteiger partial charge >= 0.3 is 0 Å². The Labute approximate surface area is 123 Å². The Balaban J connectivity index is 2.15. The largest absolute Gasteiger partial charge is 0.409 e. The van der Waals surface area contributed by atoms with Gasteiger partial charge in [-0.2, -0.15) is 0 Å². The number of hydrogen-bond donors (Lipinski definition) is 3. The summed E-state index contributed by atoms with van der Waals surface area (Å²) in [6.07, 6.45) is 1.91. The van der Waals surface area contributed by atoms with Crippen LogP contribution in [0, 0.1) is 5.92 Å². The van der Waals surface area contributed by atoms with Crippen LogP contribution in [0.1, 0.15) is 23.2 Å². The first-order valence-electron chi connectivity index (χ1n) is 5.76. The van der Waals surface area contributed by atoms with Crippen LogP contribution in [0.15, 0.2) is 27.8 Å². The van der Waals surface area contributed by atoms with Crippen molar-refractivity contribution in [2.24, 2.45) is 16.8 Å². The highest BCUT2D eigenvalue weighted by atomic mass is 79.9. The molecule has 0 heterocycles. The molecule has 19 heavy (non-hydrogen) atoms. The van der Waals surface area contributed by atoms with E-state index in [1.165, 1.54) is 0 Å². The Morgan fingerprint density at radius 1 is 1.58 bits per heavy atom. The van der Waals surface area contributed by atoms with Gasteiger partial charge < -0.3 is 16.3 Å². The minimum atomic E-state index is -0.447. The third kappa shape index (κ3) is 3.39. The number of nitrogens with two attached hydrogens (primary N) is 1. The molecule has 0 bridgehead atoms. The van der Waals surface area contributed by atoms with Gasteiger partial charge in [-0.15, -0.1) is 0 Å². The maximum atomic E-state index is 12.1. The van der Waals surface area contributed by atoms with Crippen LogP contribution in [0.5, 0.6) is 0 Å². The standard InChI is InChI=1S/C12H13BrClN3O2/c13-7-3-4-8(9(14)5-7)12(18)16-10(6-1-2-6)11(15)17-19/h3-6,10,19H,1-2H2,(H2,15,17)(H,16,18). The van der Waals surface area contributed by atoms with Gasteiger partial charge in [0.25, 0.3) is 5.91 Å². The SMILES string of the molecule is NC(=NO)C(NC(=O)c1ccc(Br)cc1Cl)C1CC1. The number of oxime groups is 1. The number of carbonyl (C=O) groups is 1. The van der Waals surface area contributed by atoms with Crippen LogP contribution >= 0.6 is 27.5 Å². The zero-order valence-electron chi connectivity index (χ0n) is 9.94. The summed E-state index contributed by atoms with van der Waals surface area (Å²) in [5.41, 5.74) is 5.95. The average molecular weight is 347 g/mol. The number of amidine groups is 1. The lowest BCUT2D eigenvalue weighted by Gasteiger charge is -2.17. The number of halogens is 2. The van der Waals surface area contributed by atoms with Gasteiger partial charge in [-0.1, -0.05) is 32.7 Å². The van der Waals surface area contributed by atoms with Crippen LogP contribution in [0.2, 0.25) is 5.02 Å². The molecule has 0 spiro atoms. The van der Waals surface area contributed by atoms with E-state index >= 15 is 0 Å². The molecule has 1 aromatic rings. The molecule has 0 saturated heterocycles. The molecule has 1 aromatic carbocycles. The molecule has 102 valence electrons. The second-order valence-electron chi connectivity index (χ2n) is 4.44. The number of benzene rings is 1. The third-order valence-electron chi connectivity index (χ3n) is 2.99. The summed E-state index contributed by atoms with van der Waals surface area (Å²) in [6, 6.07) is 4.55. The van der Waals surface area contributed by atoms with Crippen molar-refractivity contribution in [2.75, 3.05) is 0 Å². The van der Waals surface area contributed by atoms with Gasteiger partial charge in [0.15, 0.2) is 5.84 Å². The first-order chi connectivity index (χ1) is 9.02. The summed E-state index contributed by atoms with van der Waals surface area (Å²) in [7, 11) is 0. The lowest BCUT2D eigenvalue weighted by molar-refractivity contribution is 0.0943. The third-order valence-corrected chi connectivity index (χ3v) is 3.80. The summed E-state index contributed by atoms with van der Waals surface area (Å²) in [5.74, 6) is -0.0841. The molecule has 5 nitrogen and oxygen atoms in total. The maximum absolute atomic E-state index is 12.1. The quantitative estimate of drug-likeness (QED) is 0.338. The molecule has 1 fully saturated rings. The average Bonchev–Trinajstić information content (AvgIpc) is 3.19. The van der Waals surface area contributed by atoms with E-state index in [1.807, 2.05) is 0 Å². The fraction of sp³-hybridized carbons (Fsp3) is 0.333. The molecule has 7 heteroatoms. The Morgan fingerprint density at radius 2 is 2.26 bits per heavy atom. The monoisotopic (exact) mass is 345 g/mol. The van der Waals surface area contributed by atoms with Crippen molar-refractivity contribution in [3.05, 3.63) is 33.3 Å². The molecule has 2 rings (SSSR count). The zero-order valence-corrected chi connectivity index (χ0v) is 12.3. The number of nitrogens with one attached hydrogen (secondary N) is 1. The Hall–Kier alpha value is -1.27. The Kier molecular flexibility index (Phi) is 4.31. The van der Waals surface area contributed by atoms with Crippen LogP contribution < -0.4 is 11.1 Å². The number of carbonyl (C=O) groups excluding carboxylic acids is 1. The van der Waals surface area contributed by atoms with E-state index in [0.717, 1.165) is 17.3 Å². The van der Waals surface area contributed by atoms with Crippen molar-refractivity contribution < 1.29 is 10.0 Å². The predicted octanol–water partition coefficient (Wildman–Crippen LogP) is 2.36. The summed E-state index contributed by atoms with van der Waals surface area (Å²) in [6.45, 7) is 0. The Morgan fingerprint density at radius 3 is 2.79 bits per heavy atom. The lowest BCUT2D eigenvalue weighted by atomic mass is 10.1. The summed E-state index contributed by atoms with van der Waals surface area (Å²) >= 11 is 9.29. The number of amides is 1. The summed E-state index contributed by atoms with van der Waals surface area (Å²) in [4.78, 5) is 12.1. The normalized spacial score (nSPS) is 17.1. The van der Waals surface area contributed by atoms with Crippen LogP contribution in [-0.4, -0.2) is 23.0 Å². The van der Waals surface area contributed by atoms with Crippen LogP contribution in [0.4, 0.5) is 0 Å². The second-order valence-corrected chi connectivity index (χ2v) is 5.76. The van der Waals surface area contributed by atoms with E-state index in [9.17, 15) is 4.79 Å². The Bertz CT molecular complexity index is 532. The second kappa shape index (κ2) is 5.79. The molecule has 0 aliphatic heterocycles. The van der Waals surface area contributed by atoms with E-state index < -0.39 is 6.04 Å². The van der Waals surface area contributed by atoms with E-state index in [-0.39, 0.29) is 17.7 Å². The highest BCUT2D eigenvalue weighted by Gasteiger charge is 2.35. The van der Waals surface area contributed by atoms with Crippen molar-refractivity contribution in [1.29, 1.82) is 0 Å².